The number of nitriles is 1. The summed E-state index contributed by atoms with van der Waals surface area (Å²) in [4.78, 5) is 2.59. The molecule has 2 aliphatic rings. The van der Waals surface area contributed by atoms with Crippen LogP contribution in [0.3, 0.4) is 0 Å². The highest BCUT2D eigenvalue weighted by Gasteiger charge is 2.33. The summed E-state index contributed by atoms with van der Waals surface area (Å²) >= 11 is 0. The van der Waals surface area contributed by atoms with Crippen LogP contribution in [-0.4, -0.2) is 24.0 Å². The number of piperidine rings is 1. The van der Waals surface area contributed by atoms with E-state index in [0.29, 0.717) is 0 Å². The molecule has 0 aromatic heterocycles. The van der Waals surface area contributed by atoms with Crippen LogP contribution < -0.4 is 0 Å². The summed E-state index contributed by atoms with van der Waals surface area (Å²) in [5.74, 6) is 0. The Balaban J connectivity index is 0.000000281. The molecule has 2 nitrogen and oxygen atoms in total. The van der Waals surface area contributed by atoms with Gasteiger partial charge in [0.15, 0.2) is 0 Å². The number of hydrogen-bond acceptors (Lipinski definition) is 2. The Kier molecular flexibility index (Phi) is 2.90. The first-order valence-electron chi connectivity index (χ1n) is 4.35. The van der Waals surface area contributed by atoms with Crippen molar-refractivity contribution < 1.29 is 0 Å². The number of rotatable bonds is 0. The zero-order valence-electron chi connectivity index (χ0n) is 7.16. The van der Waals surface area contributed by atoms with Gasteiger partial charge in [0.2, 0.25) is 0 Å². The van der Waals surface area contributed by atoms with Gasteiger partial charge in [-0.05, 0) is 32.7 Å². The van der Waals surface area contributed by atoms with Gasteiger partial charge in [0, 0.05) is 18.7 Å². The van der Waals surface area contributed by atoms with Gasteiger partial charge < -0.3 is 4.90 Å². The Morgan fingerprint density at radius 3 is 1.91 bits per heavy atom. The van der Waals surface area contributed by atoms with Gasteiger partial charge in [-0.15, -0.1) is 0 Å². The molecule has 2 heterocycles. The maximum absolute atomic E-state index is 6.50. The van der Waals surface area contributed by atoms with E-state index in [1.807, 2.05) is 0 Å². The zero-order chi connectivity index (χ0) is 8.27. The molecule has 2 fully saturated rings. The molecule has 0 N–H and O–H groups in total. The standard InChI is InChI=1S/C8H15N.CHN/c1-9-7-3-2-4-8(9)6-5-7;1-2/h7-8H,2-6H2,1H3;1H/t7-,8+;. The van der Waals surface area contributed by atoms with Gasteiger partial charge in [-0.2, -0.15) is 0 Å². The average molecular weight is 152 g/mol. The van der Waals surface area contributed by atoms with Crippen molar-refractivity contribution in [2.45, 2.75) is 44.2 Å². The van der Waals surface area contributed by atoms with Crippen LogP contribution in [0.4, 0.5) is 0 Å². The van der Waals surface area contributed by atoms with Gasteiger partial charge in [-0.3, -0.25) is 0 Å². The van der Waals surface area contributed by atoms with Crippen LogP contribution in [0.5, 0.6) is 0 Å². The largest absolute Gasteiger partial charge is 0.300 e. The highest BCUT2D eigenvalue weighted by Crippen LogP contribution is 2.33. The average Bonchev–Trinajstić information content (AvgIpc) is 2.30. The van der Waals surface area contributed by atoms with Crippen molar-refractivity contribution in [3.63, 3.8) is 0 Å². The highest BCUT2D eigenvalue weighted by atomic mass is 15.2. The molecule has 0 aromatic rings. The Morgan fingerprint density at radius 2 is 1.55 bits per heavy atom. The number of nitrogens with zero attached hydrogens (tertiary/aromatic N) is 2. The summed E-state index contributed by atoms with van der Waals surface area (Å²) in [5, 5.41) is 6.50. The molecular weight excluding hydrogens is 136 g/mol. The van der Waals surface area contributed by atoms with Crippen LogP contribution in [0.15, 0.2) is 0 Å². The van der Waals surface area contributed by atoms with Crippen molar-refractivity contribution in [1.29, 1.82) is 5.26 Å². The van der Waals surface area contributed by atoms with E-state index < -0.39 is 0 Å². The van der Waals surface area contributed by atoms with E-state index in [1.54, 1.807) is 0 Å². The minimum absolute atomic E-state index is 0.962. The molecule has 0 spiro atoms. The Bertz CT molecular complexity index is 126. The summed E-state index contributed by atoms with van der Waals surface area (Å²) < 4.78 is 0. The van der Waals surface area contributed by atoms with Crippen molar-refractivity contribution in [3.05, 3.63) is 0 Å². The molecule has 0 aromatic carbocycles. The monoisotopic (exact) mass is 152 g/mol. The molecular formula is C9H16N2. The first-order valence-corrected chi connectivity index (χ1v) is 4.35. The number of fused-ring (bicyclic) bond motifs is 2. The summed E-state index contributed by atoms with van der Waals surface area (Å²) in [5.41, 5.74) is 0. The second kappa shape index (κ2) is 3.73. The van der Waals surface area contributed by atoms with E-state index in [1.165, 1.54) is 32.1 Å². The Labute approximate surface area is 68.8 Å². The third kappa shape index (κ3) is 1.54. The summed E-state index contributed by atoms with van der Waals surface area (Å²) in [6.07, 6.45) is 7.36. The lowest BCUT2D eigenvalue weighted by Gasteiger charge is -2.30. The molecule has 0 amide bonds. The smallest absolute Gasteiger partial charge is 0.0462 e. The first kappa shape index (κ1) is 8.55. The van der Waals surface area contributed by atoms with Crippen LogP contribution in [0.25, 0.3) is 0 Å². The van der Waals surface area contributed by atoms with Crippen molar-refractivity contribution in [3.8, 4) is 6.57 Å². The maximum Gasteiger partial charge on any atom is 0.0462 e. The van der Waals surface area contributed by atoms with Crippen LogP contribution in [0.2, 0.25) is 0 Å². The van der Waals surface area contributed by atoms with E-state index in [2.05, 4.69) is 18.5 Å². The maximum atomic E-state index is 6.50. The molecule has 0 unspecified atom stereocenters. The van der Waals surface area contributed by atoms with E-state index in [0.717, 1.165) is 12.1 Å². The second-order valence-electron chi connectivity index (χ2n) is 3.48. The van der Waals surface area contributed by atoms with Crippen molar-refractivity contribution in [1.82, 2.24) is 4.90 Å². The predicted molar refractivity (Wildman–Crippen MR) is 45.1 cm³/mol. The molecule has 2 rings (SSSR count). The third-order valence-corrected chi connectivity index (χ3v) is 3.06. The fourth-order valence-corrected chi connectivity index (χ4v) is 2.38. The Hall–Kier alpha value is -0.550. The van der Waals surface area contributed by atoms with E-state index >= 15 is 0 Å². The van der Waals surface area contributed by atoms with Gasteiger partial charge in [-0.1, -0.05) is 6.42 Å². The quantitative estimate of drug-likeness (QED) is 0.529. The lowest BCUT2D eigenvalue weighted by molar-refractivity contribution is 0.179. The highest BCUT2D eigenvalue weighted by molar-refractivity contribution is 4.89. The summed E-state index contributed by atoms with van der Waals surface area (Å²) in [7, 11) is 2.29. The molecule has 2 atom stereocenters. The summed E-state index contributed by atoms with van der Waals surface area (Å²) in [6.45, 7) is 3.50. The topological polar surface area (TPSA) is 27.0 Å². The fourth-order valence-electron chi connectivity index (χ4n) is 2.38. The molecule has 2 saturated heterocycles. The molecule has 0 saturated carbocycles. The van der Waals surface area contributed by atoms with Crippen molar-refractivity contribution >= 4 is 0 Å². The van der Waals surface area contributed by atoms with Gasteiger partial charge >= 0.3 is 0 Å². The normalized spacial score (nSPS) is 35.9. The second-order valence-corrected chi connectivity index (χ2v) is 3.48. The molecule has 2 aliphatic heterocycles. The third-order valence-electron chi connectivity index (χ3n) is 3.06. The van der Waals surface area contributed by atoms with Gasteiger partial charge in [-0.25, -0.2) is 5.26 Å². The van der Waals surface area contributed by atoms with Crippen LogP contribution in [0.1, 0.15) is 32.1 Å². The molecule has 0 aliphatic carbocycles. The zero-order valence-corrected chi connectivity index (χ0v) is 7.16. The fraction of sp³-hybridized carbons (Fsp3) is 0.889. The van der Waals surface area contributed by atoms with Crippen LogP contribution in [0, 0.1) is 11.8 Å². The minimum Gasteiger partial charge on any atom is -0.300 e. The summed E-state index contributed by atoms with van der Waals surface area (Å²) in [6, 6.07) is 1.92. The number of hydrogen-bond donors (Lipinski definition) is 0. The predicted octanol–water partition coefficient (Wildman–Crippen LogP) is 1.77. The Morgan fingerprint density at radius 1 is 1.09 bits per heavy atom. The lowest BCUT2D eigenvalue weighted by atomic mass is 10.0. The molecule has 11 heavy (non-hydrogen) atoms. The minimum atomic E-state index is 0.962. The van der Waals surface area contributed by atoms with Gasteiger partial charge in [0.25, 0.3) is 0 Å². The van der Waals surface area contributed by atoms with Crippen LogP contribution in [-0.2, 0) is 0 Å². The molecule has 62 valence electrons. The van der Waals surface area contributed by atoms with Gasteiger partial charge in [0.1, 0.15) is 0 Å². The first-order chi connectivity index (χ1) is 5.38. The van der Waals surface area contributed by atoms with Gasteiger partial charge in [0.05, 0.1) is 0 Å². The molecule has 0 radical (unpaired) electrons. The van der Waals surface area contributed by atoms with Crippen molar-refractivity contribution in [2.75, 3.05) is 7.05 Å². The SMILES string of the molecule is C#N.CN1[C@@H]2CCC[C@H]1CC2. The van der Waals surface area contributed by atoms with E-state index in [4.69, 9.17) is 5.26 Å². The molecule has 2 heteroatoms. The van der Waals surface area contributed by atoms with Crippen molar-refractivity contribution in [2.24, 2.45) is 0 Å². The van der Waals surface area contributed by atoms with E-state index in [-0.39, 0.29) is 0 Å². The van der Waals surface area contributed by atoms with Crippen LogP contribution >= 0.6 is 0 Å². The molecule has 2 bridgehead atoms. The lowest BCUT2D eigenvalue weighted by Crippen LogP contribution is -2.35. The van der Waals surface area contributed by atoms with E-state index in [9.17, 15) is 0 Å².